The fourth-order valence-corrected chi connectivity index (χ4v) is 2.95. The second-order valence-electron chi connectivity index (χ2n) is 5.24. The van der Waals surface area contributed by atoms with E-state index in [-0.39, 0.29) is 23.6 Å². The number of amides is 3. The number of nitrogens with zero attached hydrogens (tertiary/aromatic N) is 3. The monoisotopic (exact) mass is 310 g/mol. The first-order valence-electron chi connectivity index (χ1n) is 6.55. The standard InChI is InChI=1S/C13H18N4O3S/c1-7-10(12(20)16(3)4)21-13(14-7)15-11(19)9-5-17(6-9)8(2)18/h9H,5-6H2,1-4H3,(H,14,15,19). The van der Waals surface area contributed by atoms with Crippen molar-refractivity contribution in [1.82, 2.24) is 14.8 Å². The Bertz CT molecular complexity index is 590. The van der Waals surface area contributed by atoms with Crippen LogP contribution in [0.2, 0.25) is 0 Å². The number of hydrogen-bond acceptors (Lipinski definition) is 5. The minimum atomic E-state index is -0.203. The molecule has 1 N–H and O–H groups in total. The summed E-state index contributed by atoms with van der Waals surface area (Å²) < 4.78 is 0. The van der Waals surface area contributed by atoms with E-state index >= 15 is 0 Å². The molecule has 0 spiro atoms. The third kappa shape index (κ3) is 3.21. The molecule has 0 bridgehead atoms. The summed E-state index contributed by atoms with van der Waals surface area (Å²) in [5, 5.41) is 3.14. The molecule has 0 atom stereocenters. The summed E-state index contributed by atoms with van der Waals surface area (Å²) in [7, 11) is 3.34. The maximum atomic E-state index is 12.0. The van der Waals surface area contributed by atoms with Gasteiger partial charge in [0.15, 0.2) is 5.13 Å². The van der Waals surface area contributed by atoms with Crippen LogP contribution in [0.5, 0.6) is 0 Å². The first-order chi connectivity index (χ1) is 9.79. The van der Waals surface area contributed by atoms with E-state index in [9.17, 15) is 14.4 Å². The maximum absolute atomic E-state index is 12.0. The van der Waals surface area contributed by atoms with Gasteiger partial charge in [-0.05, 0) is 6.92 Å². The lowest BCUT2D eigenvalue weighted by Gasteiger charge is -2.37. The van der Waals surface area contributed by atoms with Crippen molar-refractivity contribution in [2.45, 2.75) is 13.8 Å². The lowest BCUT2D eigenvalue weighted by atomic mass is 9.99. The van der Waals surface area contributed by atoms with Crippen molar-refractivity contribution < 1.29 is 14.4 Å². The molecule has 1 aromatic rings. The maximum Gasteiger partial charge on any atom is 0.265 e. The van der Waals surface area contributed by atoms with Crippen molar-refractivity contribution in [3.05, 3.63) is 10.6 Å². The number of carbonyl (C=O) groups excluding carboxylic acids is 3. The molecule has 114 valence electrons. The lowest BCUT2D eigenvalue weighted by molar-refractivity contribution is -0.139. The summed E-state index contributed by atoms with van der Waals surface area (Å²) in [6.07, 6.45) is 0. The number of nitrogens with one attached hydrogen (secondary N) is 1. The summed E-state index contributed by atoms with van der Waals surface area (Å²) in [4.78, 5) is 42.8. The first kappa shape index (κ1) is 15.4. The fraction of sp³-hybridized carbons (Fsp3) is 0.538. The van der Waals surface area contributed by atoms with Gasteiger partial charge < -0.3 is 15.1 Å². The molecule has 8 heteroatoms. The van der Waals surface area contributed by atoms with Gasteiger partial charge in [-0.3, -0.25) is 14.4 Å². The Hall–Kier alpha value is -1.96. The first-order valence-corrected chi connectivity index (χ1v) is 7.36. The number of carbonyl (C=O) groups is 3. The quantitative estimate of drug-likeness (QED) is 0.885. The van der Waals surface area contributed by atoms with E-state index in [2.05, 4.69) is 10.3 Å². The van der Waals surface area contributed by atoms with Crippen LogP contribution in [0, 0.1) is 12.8 Å². The van der Waals surface area contributed by atoms with Gasteiger partial charge in [-0.2, -0.15) is 0 Å². The number of thiazole rings is 1. The van der Waals surface area contributed by atoms with Crippen molar-refractivity contribution in [3.8, 4) is 0 Å². The molecule has 1 fully saturated rings. The molecule has 1 aliphatic heterocycles. The predicted octanol–water partition coefficient (Wildman–Crippen LogP) is 0.570. The van der Waals surface area contributed by atoms with Crippen LogP contribution in [0.4, 0.5) is 5.13 Å². The van der Waals surface area contributed by atoms with Gasteiger partial charge in [0.2, 0.25) is 11.8 Å². The highest BCUT2D eigenvalue weighted by Gasteiger charge is 2.34. The van der Waals surface area contributed by atoms with Gasteiger partial charge in [-0.1, -0.05) is 11.3 Å². The van der Waals surface area contributed by atoms with Crippen molar-refractivity contribution in [1.29, 1.82) is 0 Å². The Labute approximate surface area is 126 Å². The van der Waals surface area contributed by atoms with Crippen LogP contribution in [-0.4, -0.2) is 59.7 Å². The highest BCUT2D eigenvalue weighted by Crippen LogP contribution is 2.25. The average molecular weight is 310 g/mol. The number of anilines is 1. The largest absolute Gasteiger partial charge is 0.344 e. The van der Waals surface area contributed by atoms with E-state index in [4.69, 9.17) is 0 Å². The van der Waals surface area contributed by atoms with Crippen molar-refractivity contribution >= 4 is 34.2 Å². The molecule has 2 heterocycles. The topological polar surface area (TPSA) is 82.6 Å². The Morgan fingerprint density at radius 2 is 1.95 bits per heavy atom. The van der Waals surface area contributed by atoms with Crippen LogP contribution >= 0.6 is 11.3 Å². The highest BCUT2D eigenvalue weighted by molar-refractivity contribution is 7.17. The van der Waals surface area contributed by atoms with Crippen LogP contribution in [0.15, 0.2) is 0 Å². The van der Waals surface area contributed by atoms with Crippen molar-refractivity contribution in [3.63, 3.8) is 0 Å². The lowest BCUT2D eigenvalue weighted by Crippen LogP contribution is -2.53. The van der Waals surface area contributed by atoms with Gasteiger partial charge in [0.25, 0.3) is 5.91 Å². The second kappa shape index (κ2) is 5.80. The number of likely N-dealkylation sites (tertiary alicyclic amines) is 1. The zero-order valence-corrected chi connectivity index (χ0v) is 13.3. The molecule has 0 radical (unpaired) electrons. The van der Waals surface area contributed by atoms with E-state index in [0.717, 1.165) is 0 Å². The highest BCUT2D eigenvalue weighted by atomic mass is 32.1. The van der Waals surface area contributed by atoms with Gasteiger partial charge in [0.05, 0.1) is 11.6 Å². The van der Waals surface area contributed by atoms with E-state index in [0.29, 0.717) is 28.8 Å². The molecule has 0 unspecified atom stereocenters. The van der Waals surface area contributed by atoms with Gasteiger partial charge in [-0.25, -0.2) is 4.98 Å². The van der Waals surface area contributed by atoms with E-state index in [1.165, 1.54) is 23.2 Å². The van der Waals surface area contributed by atoms with Gasteiger partial charge in [0.1, 0.15) is 4.88 Å². The van der Waals surface area contributed by atoms with Crippen LogP contribution in [-0.2, 0) is 9.59 Å². The predicted molar refractivity (Wildman–Crippen MR) is 79.2 cm³/mol. The van der Waals surface area contributed by atoms with Gasteiger partial charge >= 0.3 is 0 Å². The molecule has 3 amide bonds. The number of hydrogen-bond donors (Lipinski definition) is 1. The van der Waals surface area contributed by atoms with Gasteiger partial charge in [-0.15, -0.1) is 0 Å². The second-order valence-corrected chi connectivity index (χ2v) is 6.24. The molecule has 21 heavy (non-hydrogen) atoms. The molecule has 0 saturated carbocycles. The molecule has 0 aliphatic carbocycles. The third-order valence-electron chi connectivity index (χ3n) is 3.32. The zero-order chi connectivity index (χ0) is 15.7. The van der Waals surface area contributed by atoms with Crippen LogP contribution in [0.1, 0.15) is 22.3 Å². The Kier molecular flexibility index (Phi) is 4.26. The molecule has 2 rings (SSSR count). The molecule has 1 saturated heterocycles. The zero-order valence-electron chi connectivity index (χ0n) is 12.5. The van der Waals surface area contributed by atoms with Crippen molar-refractivity contribution in [2.75, 3.05) is 32.5 Å². The summed E-state index contributed by atoms with van der Waals surface area (Å²) in [6.45, 7) is 4.10. The van der Waals surface area contributed by atoms with E-state index in [1.54, 1.807) is 25.9 Å². The minimum Gasteiger partial charge on any atom is -0.344 e. The summed E-state index contributed by atoms with van der Waals surface area (Å²) >= 11 is 1.17. The van der Waals surface area contributed by atoms with Gasteiger partial charge in [0, 0.05) is 34.1 Å². The SMILES string of the molecule is CC(=O)N1CC(C(=O)Nc2nc(C)c(C(=O)N(C)C)s2)C1. The summed E-state index contributed by atoms with van der Waals surface area (Å²) in [5.74, 6) is -0.517. The number of aromatic nitrogens is 1. The molecule has 7 nitrogen and oxygen atoms in total. The molecular weight excluding hydrogens is 292 g/mol. The van der Waals surface area contributed by atoms with Crippen molar-refractivity contribution in [2.24, 2.45) is 5.92 Å². The smallest absolute Gasteiger partial charge is 0.265 e. The van der Waals surface area contributed by atoms with Crippen LogP contribution in [0.25, 0.3) is 0 Å². The molecular formula is C13H18N4O3S. The number of aryl methyl sites for hydroxylation is 1. The minimum absolute atomic E-state index is 0.0250. The average Bonchev–Trinajstić information content (AvgIpc) is 2.66. The third-order valence-corrected chi connectivity index (χ3v) is 4.39. The Morgan fingerprint density at radius 1 is 1.33 bits per heavy atom. The molecule has 1 aromatic heterocycles. The van der Waals surface area contributed by atoms with E-state index < -0.39 is 0 Å². The summed E-state index contributed by atoms with van der Waals surface area (Å²) in [6, 6.07) is 0. The Balaban J connectivity index is 1.98. The van der Waals surface area contributed by atoms with Crippen LogP contribution in [0.3, 0.4) is 0 Å². The van der Waals surface area contributed by atoms with Crippen LogP contribution < -0.4 is 5.32 Å². The molecule has 0 aromatic carbocycles. The van der Waals surface area contributed by atoms with E-state index in [1.807, 2.05) is 0 Å². The normalized spacial score (nSPS) is 14.6. The molecule has 1 aliphatic rings. The fourth-order valence-electron chi connectivity index (χ4n) is 1.96. The number of rotatable bonds is 3. The summed E-state index contributed by atoms with van der Waals surface area (Å²) in [5.41, 5.74) is 0.605. The Morgan fingerprint density at radius 3 is 2.48 bits per heavy atom.